The van der Waals surface area contributed by atoms with E-state index in [-0.39, 0.29) is 6.61 Å². The molecule has 0 saturated heterocycles. The summed E-state index contributed by atoms with van der Waals surface area (Å²) in [5.74, 6) is 0. The Balaban J connectivity index is 4.33. The van der Waals surface area contributed by atoms with Crippen molar-refractivity contribution in [1.82, 2.24) is 0 Å². The molecule has 0 aliphatic heterocycles. The maximum Gasteiger partial charge on any atom is 0.151 e. The first kappa shape index (κ1) is 15.2. The van der Waals surface area contributed by atoms with Crippen LogP contribution in [0.25, 0.3) is 0 Å². The van der Waals surface area contributed by atoms with Crippen LogP contribution in [0.5, 0.6) is 0 Å². The number of hydrogen-bond acceptors (Lipinski definition) is 6. The third-order valence-corrected chi connectivity index (χ3v) is 1.92. The van der Waals surface area contributed by atoms with Crippen molar-refractivity contribution in [2.45, 2.75) is 31.3 Å². The molecule has 4 atom stereocenters. The summed E-state index contributed by atoms with van der Waals surface area (Å²) < 4.78 is 4.96. The molecule has 0 bridgehead atoms. The summed E-state index contributed by atoms with van der Waals surface area (Å²) in [4.78, 5) is 10.6. The van der Waals surface area contributed by atoms with E-state index in [2.05, 4.69) is 6.58 Å². The summed E-state index contributed by atoms with van der Waals surface area (Å²) in [5.41, 5.74) is 0.649. The third-order valence-electron chi connectivity index (χ3n) is 1.92. The molecule has 0 spiro atoms. The Morgan fingerprint density at radius 1 is 1.38 bits per heavy atom. The first-order chi connectivity index (χ1) is 7.43. The molecule has 6 nitrogen and oxygen atoms in total. The molecule has 4 N–H and O–H groups in total. The van der Waals surface area contributed by atoms with Gasteiger partial charge in [-0.3, -0.25) is 0 Å². The first-order valence-corrected chi connectivity index (χ1v) is 4.80. The van der Waals surface area contributed by atoms with Crippen molar-refractivity contribution >= 4 is 6.29 Å². The highest BCUT2D eigenvalue weighted by Crippen LogP contribution is 2.07. The quantitative estimate of drug-likeness (QED) is 0.292. The number of carbonyl (C=O) groups excluding carboxylic acids is 1. The monoisotopic (exact) mass is 234 g/mol. The van der Waals surface area contributed by atoms with Gasteiger partial charge in [0.1, 0.15) is 24.4 Å². The average Bonchev–Trinajstić information content (AvgIpc) is 2.27. The Kier molecular flexibility index (Phi) is 7.11. The Hall–Kier alpha value is -0.790. The van der Waals surface area contributed by atoms with Crippen LogP contribution in [0.15, 0.2) is 12.2 Å². The van der Waals surface area contributed by atoms with Gasteiger partial charge in [-0.2, -0.15) is 0 Å². The fraction of sp³-hybridized carbons (Fsp3) is 0.700. The van der Waals surface area contributed by atoms with E-state index in [0.29, 0.717) is 11.9 Å². The van der Waals surface area contributed by atoms with Crippen LogP contribution in [0, 0.1) is 0 Å². The van der Waals surface area contributed by atoms with E-state index in [0.717, 1.165) is 0 Å². The van der Waals surface area contributed by atoms with Gasteiger partial charge in [0, 0.05) is 0 Å². The van der Waals surface area contributed by atoms with E-state index >= 15 is 0 Å². The highest BCUT2D eigenvalue weighted by atomic mass is 16.5. The molecule has 0 aliphatic rings. The highest BCUT2D eigenvalue weighted by Gasteiger charge is 2.31. The van der Waals surface area contributed by atoms with Crippen LogP contribution in [-0.4, -0.2) is 64.3 Å². The smallest absolute Gasteiger partial charge is 0.151 e. The van der Waals surface area contributed by atoms with Crippen molar-refractivity contribution in [3.05, 3.63) is 12.2 Å². The molecule has 0 amide bonds. The SMILES string of the molecule is C=C(C)CO[C@@H](C=O)[C@@H](O)[C@H](O)[C@H](O)CO. The summed E-state index contributed by atoms with van der Waals surface area (Å²) in [6, 6.07) is 0. The van der Waals surface area contributed by atoms with Gasteiger partial charge in [0.25, 0.3) is 0 Å². The van der Waals surface area contributed by atoms with Gasteiger partial charge in [-0.05, 0) is 6.92 Å². The maximum atomic E-state index is 10.6. The first-order valence-electron chi connectivity index (χ1n) is 4.80. The second-order valence-corrected chi connectivity index (χ2v) is 3.60. The van der Waals surface area contributed by atoms with E-state index in [4.69, 9.17) is 14.9 Å². The molecule has 0 aromatic carbocycles. The standard InChI is InChI=1S/C10H18O6/c1-6(2)5-16-8(4-12)10(15)9(14)7(13)3-11/h4,7-11,13-15H,1,3,5H2,2H3/t7-,8+,9-,10-/m1/s1. The van der Waals surface area contributed by atoms with Gasteiger partial charge >= 0.3 is 0 Å². The van der Waals surface area contributed by atoms with Gasteiger partial charge in [0.2, 0.25) is 0 Å². The lowest BCUT2D eigenvalue weighted by molar-refractivity contribution is -0.144. The molecule has 0 heterocycles. The van der Waals surface area contributed by atoms with Gasteiger partial charge in [-0.15, -0.1) is 0 Å². The molecule has 0 unspecified atom stereocenters. The van der Waals surface area contributed by atoms with Crippen molar-refractivity contribution in [2.75, 3.05) is 13.2 Å². The lowest BCUT2D eigenvalue weighted by Gasteiger charge is -2.25. The summed E-state index contributed by atoms with van der Waals surface area (Å²) in [7, 11) is 0. The topological polar surface area (TPSA) is 107 Å². The highest BCUT2D eigenvalue weighted by molar-refractivity contribution is 5.57. The number of ether oxygens (including phenoxy) is 1. The van der Waals surface area contributed by atoms with Crippen LogP contribution in [0.1, 0.15) is 6.92 Å². The summed E-state index contributed by atoms with van der Waals surface area (Å²) >= 11 is 0. The zero-order valence-corrected chi connectivity index (χ0v) is 9.11. The van der Waals surface area contributed by atoms with E-state index in [9.17, 15) is 15.0 Å². The number of aliphatic hydroxyl groups is 4. The van der Waals surface area contributed by atoms with Crippen molar-refractivity contribution in [3.63, 3.8) is 0 Å². The number of rotatable bonds is 8. The molecular weight excluding hydrogens is 216 g/mol. The van der Waals surface area contributed by atoms with E-state index < -0.39 is 31.0 Å². The number of aldehydes is 1. The molecular formula is C10H18O6. The fourth-order valence-corrected chi connectivity index (χ4v) is 0.987. The zero-order chi connectivity index (χ0) is 12.7. The number of hydrogen-bond donors (Lipinski definition) is 4. The van der Waals surface area contributed by atoms with Crippen molar-refractivity contribution in [2.24, 2.45) is 0 Å². The van der Waals surface area contributed by atoms with Crippen molar-refractivity contribution in [1.29, 1.82) is 0 Å². The Morgan fingerprint density at radius 2 is 1.94 bits per heavy atom. The van der Waals surface area contributed by atoms with E-state index in [1.165, 1.54) is 0 Å². The fourth-order valence-electron chi connectivity index (χ4n) is 0.987. The van der Waals surface area contributed by atoms with Gasteiger partial charge in [-0.25, -0.2) is 0 Å². The largest absolute Gasteiger partial charge is 0.394 e. The molecule has 94 valence electrons. The second-order valence-electron chi connectivity index (χ2n) is 3.60. The predicted octanol–water partition coefficient (Wildman–Crippen LogP) is -1.78. The molecule has 0 rings (SSSR count). The lowest BCUT2D eigenvalue weighted by Crippen LogP contribution is -2.47. The minimum Gasteiger partial charge on any atom is -0.394 e. The molecule has 16 heavy (non-hydrogen) atoms. The van der Waals surface area contributed by atoms with Gasteiger partial charge in [0.15, 0.2) is 6.29 Å². The van der Waals surface area contributed by atoms with E-state index in [1.54, 1.807) is 6.92 Å². The zero-order valence-electron chi connectivity index (χ0n) is 9.11. The van der Waals surface area contributed by atoms with E-state index in [1.807, 2.05) is 0 Å². The van der Waals surface area contributed by atoms with Crippen LogP contribution >= 0.6 is 0 Å². The summed E-state index contributed by atoms with van der Waals surface area (Å²) in [6.07, 6.45) is -5.72. The average molecular weight is 234 g/mol. The summed E-state index contributed by atoms with van der Waals surface area (Å²) in [5, 5.41) is 36.4. The van der Waals surface area contributed by atoms with Crippen LogP contribution in [0.2, 0.25) is 0 Å². The Morgan fingerprint density at radius 3 is 2.31 bits per heavy atom. The van der Waals surface area contributed by atoms with Crippen LogP contribution in [-0.2, 0) is 9.53 Å². The normalized spacial score (nSPS) is 18.6. The molecule has 0 saturated carbocycles. The van der Waals surface area contributed by atoms with Crippen molar-refractivity contribution < 1.29 is 30.0 Å². The molecule has 0 aromatic heterocycles. The van der Waals surface area contributed by atoms with Gasteiger partial charge in [-0.1, -0.05) is 12.2 Å². The van der Waals surface area contributed by atoms with Crippen LogP contribution in [0.3, 0.4) is 0 Å². The number of carbonyl (C=O) groups is 1. The molecule has 0 aliphatic carbocycles. The Bertz CT molecular complexity index is 229. The molecule has 0 fully saturated rings. The second kappa shape index (κ2) is 7.48. The van der Waals surface area contributed by atoms with Crippen molar-refractivity contribution in [3.8, 4) is 0 Å². The lowest BCUT2D eigenvalue weighted by atomic mass is 10.0. The van der Waals surface area contributed by atoms with Crippen LogP contribution in [0.4, 0.5) is 0 Å². The van der Waals surface area contributed by atoms with Crippen LogP contribution < -0.4 is 0 Å². The molecule has 6 heteroatoms. The number of aliphatic hydroxyl groups excluding tert-OH is 4. The molecule has 0 radical (unpaired) electrons. The predicted molar refractivity (Wildman–Crippen MR) is 55.7 cm³/mol. The maximum absolute atomic E-state index is 10.6. The van der Waals surface area contributed by atoms with Gasteiger partial charge in [0.05, 0.1) is 13.2 Å². The van der Waals surface area contributed by atoms with Gasteiger partial charge < -0.3 is 30.0 Å². The minimum absolute atomic E-state index is 0.0579. The third kappa shape index (κ3) is 4.82. The Labute approximate surface area is 93.8 Å². The minimum atomic E-state index is -1.65. The molecule has 0 aromatic rings. The summed E-state index contributed by atoms with van der Waals surface area (Å²) in [6.45, 7) is 4.56.